The molecule has 0 aliphatic carbocycles. The molecule has 0 heterocycles. The van der Waals surface area contributed by atoms with Gasteiger partial charge in [0.1, 0.15) is 0 Å². The smallest absolute Gasteiger partial charge is 0.329 e. The highest BCUT2D eigenvalue weighted by atomic mass is 35.5. The van der Waals surface area contributed by atoms with E-state index in [9.17, 15) is 24.6 Å². The number of carboxylic acids is 2. The first kappa shape index (κ1) is 22.6. The Bertz CT molecular complexity index is 848. The van der Waals surface area contributed by atoms with Crippen molar-refractivity contribution in [1.29, 1.82) is 0 Å². The fraction of sp³-hybridized carbons (Fsp3) is 0.250. The molecule has 3 atom stereocenters. The van der Waals surface area contributed by atoms with Gasteiger partial charge in [0.2, 0.25) is 5.91 Å². The number of hydrogen-bond donors (Lipinski definition) is 5. The molecule has 0 aliphatic heterocycles. The van der Waals surface area contributed by atoms with Crippen LogP contribution >= 0.6 is 24.2 Å². The van der Waals surface area contributed by atoms with Crippen LogP contribution in [0.1, 0.15) is 5.56 Å². The largest absolute Gasteiger partial charge is 0.480 e. The molecule has 0 saturated heterocycles. The monoisotopic (exact) mass is 436 g/mol. The summed E-state index contributed by atoms with van der Waals surface area (Å²) in [6.45, 7) is 0. The van der Waals surface area contributed by atoms with E-state index in [1.54, 1.807) is 0 Å². The minimum absolute atomic E-state index is 0.176. The van der Waals surface area contributed by atoms with Gasteiger partial charge in [0.15, 0.2) is 12.1 Å². The molecule has 29 heavy (non-hydrogen) atoms. The molecule has 3 unspecified atom stereocenters. The van der Waals surface area contributed by atoms with Gasteiger partial charge >= 0.3 is 11.9 Å². The third-order valence-corrected chi connectivity index (χ3v) is 4.94. The highest BCUT2D eigenvalue weighted by molar-refractivity contribution is 7.80. The molecule has 0 aliphatic rings. The van der Waals surface area contributed by atoms with E-state index in [4.69, 9.17) is 11.6 Å². The van der Waals surface area contributed by atoms with Crippen LogP contribution in [-0.2, 0) is 20.8 Å². The lowest BCUT2D eigenvalue weighted by molar-refractivity contribution is -0.148. The van der Waals surface area contributed by atoms with Gasteiger partial charge in [-0.05, 0) is 36.2 Å². The van der Waals surface area contributed by atoms with E-state index in [-0.39, 0.29) is 5.75 Å². The molecule has 2 aromatic rings. The van der Waals surface area contributed by atoms with Gasteiger partial charge < -0.3 is 20.8 Å². The van der Waals surface area contributed by atoms with Gasteiger partial charge in [0.05, 0.1) is 5.92 Å². The van der Waals surface area contributed by atoms with Crippen molar-refractivity contribution in [1.82, 2.24) is 5.32 Å². The minimum Gasteiger partial charge on any atom is -0.480 e. The minimum atomic E-state index is -1.69. The van der Waals surface area contributed by atoms with Crippen LogP contribution in [0.3, 0.4) is 0 Å². The average Bonchev–Trinajstić information content (AvgIpc) is 2.70. The van der Waals surface area contributed by atoms with Gasteiger partial charge in [-0.2, -0.15) is 12.6 Å². The molecule has 2 aromatic carbocycles. The van der Waals surface area contributed by atoms with Gasteiger partial charge in [-0.1, -0.05) is 41.9 Å². The van der Waals surface area contributed by atoms with Crippen LogP contribution in [0.15, 0.2) is 54.6 Å². The van der Waals surface area contributed by atoms with Gasteiger partial charge in [0.25, 0.3) is 0 Å². The Morgan fingerprint density at radius 3 is 2.03 bits per heavy atom. The Balaban J connectivity index is 2.16. The molecule has 0 radical (unpaired) electrons. The topological polar surface area (TPSA) is 116 Å². The Labute approximate surface area is 178 Å². The lowest BCUT2D eigenvalue weighted by Gasteiger charge is -2.25. The Hall–Kier alpha value is -2.71. The van der Waals surface area contributed by atoms with E-state index in [1.165, 1.54) is 24.3 Å². The Morgan fingerprint density at radius 2 is 1.52 bits per heavy atom. The first-order valence-corrected chi connectivity index (χ1v) is 9.75. The summed E-state index contributed by atoms with van der Waals surface area (Å²) in [4.78, 5) is 36.1. The van der Waals surface area contributed by atoms with E-state index in [2.05, 4.69) is 23.3 Å². The summed E-state index contributed by atoms with van der Waals surface area (Å²) in [5.74, 6) is -3.91. The van der Waals surface area contributed by atoms with Crippen LogP contribution in [0, 0.1) is 5.92 Å². The van der Waals surface area contributed by atoms with E-state index in [0.717, 1.165) is 5.56 Å². The number of halogens is 1. The first-order valence-electron chi connectivity index (χ1n) is 8.74. The maximum atomic E-state index is 12.7. The van der Waals surface area contributed by atoms with Gasteiger partial charge in [-0.25, -0.2) is 9.59 Å². The second kappa shape index (κ2) is 10.7. The number of carboxylic acid groups (broad SMARTS) is 2. The fourth-order valence-electron chi connectivity index (χ4n) is 2.71. The summed E-state index contributed by atoms with van der Waals surface area (Å²) in [5.41, 5.74) is 1.25. The zero-order valence-electron chi connectivity index (χ0n) is 15.3. The quantitative estimate of drug-likeness (QED) is 0.365. The van der Waals surface area contributed by atoms with Gasteiger partial charge in [-0.3, -0.25) is 4.79 Å². The molecule has 0 fully saturated rings. The highest BCUT2D eigenvalue weighted by Gasteiger charge is 2.36. The van der Waals surface area contributed by atoms with Crippen molar-refractivity contribution in [2.45, 2.75) is 18.5 Å². The molecule has 0 spiro atoms. The number of hydrogen-bond acceptors (Lipinski definition) is 5. The van der Waals surface area contributed by atoms with Gasteiger partial charge in [-0.15, -0.1) is 0 Å². The number of aliphatic carboxylic acids is 2. The Morgan fingerprint density at radius 1 is 0.931 bits per heavy atom. The number of carbonyl (C=O) groups excluding carboxylic acids is 1. The lowest BCUT2D eigenvalue weighted by Crippen LogP contribution is -2.56. The summed E-state index contributed by atoms with van der Waals surface area (Å²) >= 11 is 10.00. The second-order valence-electron chi connectivity index (χ2n) is 6.36. The van der Waals surface area contributed by atoms with E-state index < -0.39 is 35.8 Å². The van der Waals surface area contributed by atoms with E-state index in [1.807, 2.05) is 30.3 Å². The molecule has 7 nitrogen and oxygen atoms in total. The first-order chi connectivity index (χ1) is 13.8. The predicted octanol–water partition coefficient (Wildman–Crippen LogP) is 2.56. The highest BCUT2D eigenvalue weighted by Crippen LogP contribution is 2.16. The lowest BCUT2D eigenvalue weighted by atomic mass is 9.99. The predicted molar refractivity (Wildman–Crippen MR) is 114 cm³/mol. The standard InChI is InChI=1S/C20H21ClN2O5S/c21-14-6-8-15(9-7-14)22-16(19(25)26)17(20(27)28)23-18(24)13(11-29)10-12-4-2-1-3-5-12/h1-9,13,16-17,22,29H,10-11H2,(H,23,24)(H,25,26)(H,27,28). The summed E-state index contributed by atoms with van der Waals surface area (Å²) in [5, 5.41) is 24.5. The van der Waals surface area contributed by atoms with Crippen LogP contribution in [0.5, 0.6) is 0 Å². The molecule has 0 bridgehead atoms. The van der Waals surface area contributed by atoms with Crippen LogP contribution in [0.4, 0.5) is 5.69 Å². The zero-order chi connectivity index (χ0) is 21.4. The van der Waals surface area contributed by atoms with Crippen LogP contribution in [0.25, 0.3) is 0 Å². The average molecular weight is 437 g/mol. The molecule has 1 amide bonds. The van der Waals surface area contributed by atoms with Crippen molar-refractivity contribution in [3.05, 3.63) is 65.2 Å². The third kappa shape index (κ3) is 6.69. The normalized spacial score (nSPS) is 13.7. The Kier molecular flexibility index (Phi) is 8.35. The van der Waals surface area contributed by atoms with Crippen LogP contribution < -0.4 is 10.6 Å². The molecular formula is C20H21ClN2O5S. The molecule has 4 N–H and O–H groups in total. The molecule has 2 rings (SSSR count). The van der Waals surface area contributed by atoms with Crippen LogP contribution in [-0.4, -0.2) is 45.9 Å². The molecular weight excluding hydrogens is 416 g/mol. The summed E-state index contributed by atoms with van der Waals surface area (Å²) in [7, 11) is 0. The molecule has 0 aromatic heterocycles. The number of benzene rings is 2. The number of amides is 1. The SMILES string of the molecule is O=C(NC(C(=O)O)C(Nc1ccc(Cl)cc1)C(=O)O)C(CS)Cc1ccccc1. The summed E-state index contributed by atoms with van der Waals surface area (Å²) < 4.78 is 0. The second-order valence-corrected chi connectivity index (χ2v) is 7.16. The van der Waals surface area contributed by atoms with Crippen molar-refractivity contribution in [3.8, 4) is 0 Å². The third-order valence-electron chi connectivity index (χ3n) is 4.25. The van der Waals surface area contributed by atoms with Crippen molar-refractivity contribution in [2.75, 3.05) is 11.1 Å². The van der Waals surface area contributed by atoms with Gasteiger partial charge in [0, 0.05) is 16.5 Å². The maximum absolute atomic E-state index is 12.7. The number of nitrogens with one attached hydrogen (secondary N) is 2. The number of carbonyl (C=O) groups is 3. The summed E-state index contributed by atoms with van der Waals surface area (Å²) in [6.07, 6.45) is 0.352. The van der Waals surface area contributed by atoms with Crippen LogP contribution in [0.2, 0.25) is 5.02 Å². The van der Waals surface area contributed by atoms with Crippen molar-refractivity contribution in [3.63, 3.8) is 0 Å². The molecule has 0 saturated carbocycles. The maximum Gasteiger partial charge on any atom is 0.329 e. The number of rotatable bonds is 10. The van der Waals surface area contributed by atoms with Crippen molar-refractivity contribution >= 4 is 47.8 Å². The number of thiol groups is 1. The van der Waals surface area contributed by atoms with Crippen molar-refractivity contribution < 1.29 is 24.6 Å². The fourth-order valence-corrected chi connectivity index (χ4v) is 3.13. The number of anilines is 1. The zero-order valence-corrected chi connectivity index (χ0v) is 16.9. The van der Waals surface area contributed by atoms with Crippen molar-refractivity contribution in [2.24, 2.45) is 5.92 Å². The molecule has 9 heteroatoms. The van der Waals surface area contributed by atoms with E-state index in [0.29, 0.717) is 17.1 Å². The molecule has 154 valence electrons. The summed E-state index contributed by atoms with van der Waals surface area (Å²) in [6, 6.07) is 12.0. The van der Waals surface area contributed by atoms with E-state index >= 15 is 0 Å².